The smallest absolute Gasteiger partial charge is 0.294 e. The van der Waals surface area contributed by atoms with E-state index in [-0.39, 0.29) is 34.9 Å². The Morgan fingerprint density at radius 2 is 1.77 bits per heavy atom. The number of likely N-dealkylation sites (N-methyl/N-ethyl adjacent to an activating group) is 1. The van der Waals surface area contributed by atoms with Gasteiger partial charge in [0.05, 0.1) is 16.8 Å². The van der Waals surface area contributed by atoms with Crippen molar-refractivity contribution in [1.29, 1.82) is 0 Å². The number of aromatic nitrogens is 4. The zero-order valence-electron chi connectivity index (χ0n) is 18.7. The fourth-order valence-corrected chi connectivity index (χ4v) is 4.19. The Labute approximate surface area is 198 Å². The monoisotopic (exact) mass is 468 g/mol. The number of anilines is 1. The van der Waals surface area contributed by atoms with Gasteiger partial charge in [-0.2, -0.15) is 5.10 Å². The van der Waals surface area contributed by atoms with Gasteiger partial charge >= 0.3 is 0 Å². The fraction of sp³-hybridized carbons (Fsp3) is 0.120. The first kappa shape index (κ1) is 22.0. The molecule has 10 nitrogen and oxygen atoms in total. The van der Waals surface area contributed by atoms with E-state index in [1.807, 2.05) is 49.4 Å². The molecule has 2 aromatic heterocycles. The number of rotatable bonds is 6. The van der Waals surface area contributed by atoms with E-state index in [2.05, 4.69) is 10.1 Å². The van der Waals surface area contributed by atoms with E-state index in [1.54, 1.807) is 17.0 Å². The number of carbonyl (C=O) groups is 1. The Morgan fingerprint density at radius 3 is 2.57 bits per heavy atom. The summed E-state index contributed by atoms with van der Waals surface area (Å²) in [6.07, 6.45) is 2.58. The van der Waals surface area contributed by atoms with Gasteiger partial charge in [0.1, 0.15) is 23.9 Å². The maximum absolute atomic E-state index is 13.3. The van der Waals surface area contributed by atoms with Gasteiger partial charge in [-0.25, -0.2) is 9.67 Å². The van der Waals surface area contributed by atoms with Crippen LogP contribution in [-0.4, -0.2) is 36.7 Å². The summed E-state index contributed by atoms with van der Waals surface area (Å²) in [4.78, 5) is 43.3. The van der Waals surface area contributed by atoms with E-state index < -0.39 is 10.5 Å². The van der Waals surface area contributed by atoms with Gasteiger partial charge < -0.3 is 4.90 Å². The highest BCUT2D eigenvalue weighted by Gasteiger charge is 2.21. The number of carbonyl (C=O) groups excluding carboxylic acids is 1. The molecule has 0 aliphatic carbocycles. The molecule has 0 spiro atoms. The Balaban J connectivity index is 1.50. The molecule has 35 heavy (non-hydrogen) atoms. The fourth-order valence-electron chi connectivity index (χ4n) is 4.19. The highest BCUT2D eigenvalue weighted by molar-refractivity contribution is 6.03. The lowest BCUT2D eigenvalue weighted by atomic mass is 10.1. The van der Waals surface area contributed by atoms with E-state index in [1.165, 1.54) is 33.9 Å². The van der Waals surface area contributed by atoms with Crippen molar-refractivity contribution >= 4 is 39.1 Å². The lowest BCUT2D eigenvalue weighted by Crippen LogP contribution is -2.36. The van der Waals surface area contributed by atoms with Crippen LogP contribution in [0.1, 0.15) is 6.92 Å². The van der Waals surface area contributed by atoms with Gasteiger partial charge in [0.2, 0.25) is 5.91 Å². The molecule has 174 valence electrons. The molecule has 0 saturated heterocycles. The summed E-state index contributed by atoms with van der Waals surface area (Å²) in [6, 6.07) is 19.6. The number of benzene rings is 3. The first-order valence-electron chi connectivity index (χ1n) is 10.9. The number of hydrogen-bond donors (Lipinski definition) is 0. The number of nitro benzene ring substituents is 1. The first-order valence-corrected chi connectivity index (χ1v) is 10.9. The standard InChI is InChI=1S/C25H20N6O4/c1-2-29(20-13-7-9-17-8-3-4-10-18(17)20)23(32)15-28-16-26-24-19(25(28)33)14-27-30(24)21-11-5-6-12-22(21)31(34)35/h3-14,16H,2,15H2,1H3. The molecule has 1 amide bonds. The topological polar surface area (TPSA) is 116 Å². The molecule has 0 saturated carbocycles. The number of fused-ring (bicyclic) bond motifs is 2. The summed E-state index contributed by atoms with van der Waals surface area (Å²) in [5.41, 5.74) is 0.520. The van der Waals surface area contributed by atoms with Gasteiger partial charge in [0.25, 0.3) is 11.2 Å². The molecule has 3 aromatic carbocycles. The second-order valence-corrected chi connectivity index (χ2v) is 7.85. The molecule has 0 bridgehead atoms. The van der Waals surface area contributed by atoms with Crippen molar-refractivity contribution < 1.29 is 9.72 Å². The second kappa shape index (κ2) is 8.82. The van der Waals surface area contributed by atoms with Gasteiger partial charge in [-0.3, -0.25) is 24.3 Å². The van der Waals surface area contributed by atoms with Crippen LogP contribution in [0.3, 0.4) is 0 Å². The van der Waals surface area contributed by atoms with Crippen molar-refractivity contribution in [2.75, 3.05) is 11.4 Å². The van der Waals surface area contributed by atoms with Crippen LogP contribution < -0.4 is 10.5 Å². The Kier molecular flexibility index (Phi) is 5.54. The zero-order chi connectivity index (χ0) is 24.5. The predicted molar refractivity (Wildman–Crippen MR) is 132 cm³/mol. The Bertz CT molecular complexity index is 1650. The summed E-state index contributed by atoms with van der Waals surface area (Å²) in [5, 5.41) is 17.7. The third-order valence-corrected chi connectivity index (χ3v) is 5.84. The molecule has 10 heteroatoms. The number of nitrogens with zero attached hydrogens (tertiary/aromatic N) is 6. The molecule has 0 unspecified atom stereocenters. The van der Waals surface area contributed by atoms with E-state index in [4.69, 9.17) is 0 Å². The van der Waals surface area contributed by atoms with Crippen LogP contribution in [0.2, 0.25) is 0 Å². The second-order valence-electron chi connectivity index (χ2n) is 7.85. The van der Waals surface area contributed by atoms with Gasteiger partial charge in [-0.05, 0) is 24.4 Å². The zero-order valence-corrected chi connectivity index (χ0v) is 18.7. The first-order chi connectivity index (χ1) is 17.0. The number of para-hydroxylation sites is 2. The van der Waals surface area contributed by atoms with E-state index in [0.29, 0.717) is 6.54 Å². The largest absolute Gasteiger partial charge is 0.311 e. The summed E-state index contributed by atoms with van der Waals surface area (Å²) in [6.45, 7) is 2.09. The highest BCUT2D eigenvalue weighted by atomic mass is 16.6. The molecule has 0 atom stereocenters. The molecule has 0 aliphatic heterocycles. The normalized spacial score (nSPS) is 11.1. The van der Waals surface area contributed by atoms with Gasteiger partial charge in [0.15, 0.2) is 5.65 Å². The quantitative estimate of drug-likeness (QED) is 0.277. The van der Waals surface area contributed by atoms with Gasteiger partial charge in [0, 0.05) is 18.0 Å². The third-order valence-electron chi connectivity index (χ3n) is 5.84. The Hall–Kier alpha value is -4.86. The van der Waals surface area contributed by atoms with Crippen molar-refractivity contribution in [3.05, 3.63) is 99.7 Å². The molecular weight excluding hydrogens is 448 g/mol. The van der Waals surface area contributed by atoms with Crippen LogP contribution in [0.5, 0.6) is 0 Å². The number of hydrogen-bond acceptors (Lipinski definition) is 6. The van der Waals surface area contributed by atoms with Crippen LogP contribution >= 0.6 is 0 Å². The molecular formula is C25H20N6O4. The molecule has 2 heterocycles. The van der Waals surface area contributed by atoms with Gasteiger partial charge in [-0.1, -0.05) is 48.5 Å². The average molecular weight is 468 g/mol. The Morgan fingerprint density at radius 1 is 1.03 bits per heavy atom. The molecule has 0 N–H and O–H groups in total. The average Bonchev–Trinajstić information content (AvgIpc) is 3.31. The number of amides is 1. The lowest BCUT2D eigenvalue weighted by Gasteiger charge is -2.23. The summed E-state index contributed by atoms with van der Waals surface area (Å²) in [7, 11) is 0. The van der Waals surface area contributed by atoms with Crippen molar-refractivity contribution in [2.45, 2.75) is 13.5 Å². The molecule has 5 rings (SSSR count). The third kappa shape index (κ3) is 3.80. The minimum Gasteiger partial charge on any atom is -0.311 e. The molecule has 5 aromatic rings. The van der Waals surface area contributed by atoms with Crippen molar-refractivity contribution in [3.8, 4) is 5.69 Å². The maximum atomic E-state index is 13.3. The van der Waals surface area contributed by atoms with Crippen LogP contribution in [-0.2, 0) is 11.3 Å². The van der Waals surface area contributed by atoms with Crippen molar-refractivity contribution in [3.63, 3.8) is 0 Å². The van der Waals surface area contributed by atoms with Crippen molar-refractivity contribution in [2.24, 2.45) is 0 Å². The molecule has 0 radical (unpaired) electrons. The van der Waals surface area contributed by atoms with E-state index in [9.17, 15) is 19.7 Å². The van der Waals surface area contributed by atoms with Crippen LogP contribution in [0.15, 0.2) is 84.0 Å². The minimum atomic E-state index is -0.518. The summed E-state index contributed by atoms with van der Waals surface area (Å²) < 4.78 is 2.49. The van der Waals surface area contributed by atoms with Crippen molar-refractivity contribution in [1.82, 2.24) is 19.3 Å². The van der Waals surface area contributed by atoms with Crippen LogP contribution in [0, 0.1) is 10.1 Å². The predicted octanol–water partition coefficient (Wildman–Crippen LogP) is 3.70. The van der Waals surface area contributed by atoms with E-state index >= 15 is 0 Å². The van der Waals surface area contributed by atoms with Crippen LogP contribution in [0.25, 0.3) is 27.5 Å². The number of nitro groups is 1. The summed E-state index contributed by atoms with van der Waals surface area (Å²) >= 11 is 0. The minimum absolute atomic E-state index is 0.159. The highest BCUT2D eigenvalue weighted by Crippen LogP contribution is 2.27. The molecule has 0 aliphatic rings. The summed E-state index contributed by atoms with van der Waals surface area (Å²) in [5.74, 6) is -0.266. The van der Waals surface area contributed by atoms with Crippen LogP contribution in [0.4, 0.5) is 11.4 Å². The molecule has 0 fully saturated rings. The maximum Gasteiger partial charge on any atom is 0.294 e. The van der Waals surface area contributed by atoms with E-state index in [0.717, 1.165) is 16.5 Å². The van der Waals surface area contributed by atoms with Gasteiger partial charge in [-0.15, -0.1) is 0 Å². The lowest BCUT2D eigenvalue weighted by molar-refractivity contribution is -0.384. The SMILES string of the molecule is CCN(C(=O)Cn1cnc2c(cnn2-c2ccccc2[N+](=O)[O-])c1=O)c1cccc2ccccc12.